The van der Waals surface area contributed by atoms with E-state index in [1.807, 2.05) is 17.4 Å². The fourth-order valence-corrected chi connectivity index (χ4v) is 3.67. The summed E-state index contributed by atoms with van der Waals surface area (Å²) >= 11 is 9.41. The van der Waals surface area contributed by atoms with Crippen molar-refractivity contribution in [2.24, 2.45) is 0 Å². The molecule has 92 valence electrons. The van der Waals surface area contributed by atoms with Crippen molar-refractivity contribution in [2.45, 2.75) is 32.4 Å². The zero-order valence-corrected chi connectivity index (χ0v) is 12.2. The Balaban J connectivity index is 1.94. The van der Waals surface area contributed by atoms with Crippen molar-refractivity contribution in [3.8, 4) is 0 Å². The van der Waals surface area contributed by atoms with Gasteiger partial charge in [-0.05, 0) is 30.0 Å². The molecule has 0 aliphatic carbocycles. The Morgan fingerprint density at radius 1 is 1.35 bits per heavy atom. The predicted molar refractivity (Wildman–Crippen MR) is 78.1 cm³/mol. The lowest BCUT2D eigenvalue weighted by atomic mass is 10.1. The van der Waals surface area contributed by atoms with Gasteiger partial charge in [-0.2, -0.15) is 0 Å². The summed E-state index contributed by atoms with van der Waals surface area (Å²) in [6.45, 7) is 3.13. The van der Waals surface area contributed by atoms with E-state index in [-0.39, 0.29) is 0 Å². The molecule has 1 atom stereocenters. The number of halogens is 1. The molecule has 0 amide bonds. The van der Waals surface area contributed by atoms with Crippen LogP contribution in [0.5, 0.6) is 0 Å². The van der Waals surface area contributed by atoms with Crippen LogP contribution in [0.2, 0.25) is 4.34 Å². The second-order valence-electron chi connectivity index (χ2n) is 3.94. The minimum atomic E-state index is 0.473. The van der Waals surface area contributed by atoms with Gasteiger partial charge in [-0.25, -0.2) is 0 Å². The SMILES string of the molecule is CCCC(NCc1ccc(Cl)s1)c1cccs1. The molecule has 2 heterocycles. The van der Waals surface area contributed by atoms with Crippen molar-refractivity contribution in [2.75, 3.05) is 0 Å². The van der Waals surface area contributed by atoms with Gasteiger partial charge in [-0.3, -0.25) is 0 Å². The highest BCUT2D eigenvalue weighted by Gasteiger charge is 2.11. The average Bonchev–Trinajstić information content (AvgIpc) is 2.95. The molecule has 0 spiro atoms. The first kappa shape index (κ1) is 13.1. The van der Waals surface area contributed by atoms with E-state index in [4.69, 9.17) is 11.6 Å². The number of thiophene rings is 2. The Morgan fingerprint density at radius 3 is 2.82 bits per heavy atom. The van der Waals surface area contributed by atoms with Crippen LogP contribution in [0.25, 0.3) is 0 Å². The summed E-state index contributed by atoms with van der Waals surface area (Å²) < 4.78 is 0.866. The summed E-state index contributed by atoms with van der Waals surface area (Å²) in [7, 11) is 0. The first-order valence-corrected chi connectivity index (χ1v) is 7.88. The van der Waals surface area contributed by atoms with Crippen LogP contribution in [0, 0.1) is 0 Å². The standard InChI is InChI=1S/C13H16ClNS2/c1-2-4-11(12-5-3-8-16-12)15-9-10-6-7-13(14)17-10/h3,5-8,11,15H,2,4,9H2,1H3. The fraction of sp³-hybridized carbons (Fsp3) is 0.385. The second-order valence-corrected chi connectivity index (χ2v) is 6.72. The molecule has 0 bridgehead atoms. The van der Waals surface area contributed by atoms with E-state index in [1.54, 1.807) is 11.3 Å². The molecule has 0 aliphatic rings. The van der Waals surface area contributed by atoms with Crippen molar-refractivity contribution >= 4 is 34.3 Å². The molecule has 4 heteroatoms. The molecule has 0 saturated carbocycles. The van der Waals surface area contributed by atoms with E-state index in [2.05, 4.69) is 35.8 Å². The lowest BCUT2D eigenvalue weighted by Crippen LogP contribution is -2.19. The minimum absolute atomic E-state index is 0.473. The molecular weight excluding hydrogens is 270 g/mol. The highest BCUT2D eigenvalue weighted by molar-refractivity contribution is 7.16. The van der Waals surface area contributed by atoms with E-state index in [0.717, 1.165) is 10.9 Å². The third-order valence-electron chi connectivity index (χ3n) is 2.62. The molecule has 1 nitrogen and oxygen atoms in total. The molecule has 0 radical (unpaired) electrons. The summed E-state index contributed by atoms with van der Waals surface area (Å²) in [6.07, 6.45) is 2.38. The van der Waals surface area contributed by atoms with Crippen molar-refractivity contribution in [3.05, 3.63) is 43.7 Å². The normalized spacial score (nSPS) is 12.8. The Kier molecular flexibility index (Phi) is 5.04. The van der Waals surface area contributed by atoms with Gasteiger partial charge in [0.25, 0.3) is 0 Å². The van der Waals surface area contributed by atoms with Crippen LogP contribution in [-0.4, -0.2) is 0 Å². The van der Waals surface area contributed by atoms with Crippen LogP contribution in [-0.2, 0) is 6.54 Å². The van der Waals surface area contributed by atoms with Gasteiger partial charge in [0.15, 0.2) is 0 Å². The minimum Gasteiger partial charge on any atom is -0.304 e. The van der Waals surface area contributed by atoms with E-state index in [0.29, 0.717) is 6.04 Å². The summed E-state index contributed by atoms with van der Waals surface area (Å²) in [6, 6.07) is 8.85. The van der Waals surface area contributed by atoms with Crippen LogP contribution in [0.3, 0.4) is 0 Å². The van der Waals surface area contributed by atoms with Gasteiger partial charge in [0.05, 0.1) is 4.34 Å². The van der Waals surface area contributed by atoms with Gasteiger partial charge in [-0.1, -0.05) is 31.0 Å². The van der Waals surface area contributed by atoms with Gasteiger partial charge in [0, 0.05) is 22.3 Å². The van der Waals surface area contributed by atoms with E-state index < -0.39 is 0 Å². The molecule has 0 aliphatic heterocycles. The van der Waals surface area contributed by atoms with E-state index in [9.17, 15) is 0 Å². The smallest absolute Gasteiger partial charge is 0.0931 e. The van der Waals surface area contributed by atoms with Crippen molar-refractivity contribution in [1.29, 1.82) is 0 Å². The zero-order valence-electron chi connectivity index (χ0n) is 9.78. The van der Waals surface area contributed by atoms with Gasteiger partial charge >= 0.3 is 0 Å². The van der Waals surface area contributed by atoms with Crippen molar-refractivity contribution in [3.63, 3.8) is 0 Å². The Morgan fingerprint density at radius 2 is 2.24 bits per heavy atom. The number of hydrogen-bond donors (Lipinski definition) is 1. The van der Waals surface area contributed by atoms with Crippen LogP contribution >= 0.6 is 34.3 Å². The number of hydrogen-bond acceptors (Lipinski definition) is 3. The van der Waals surface area contributed by atoms with Gasteiger partial charge < -0.3 is 5.32 Å². The third-order valence-corrected chi connectivity index (χ3v) is 4.83. The predicted octanol–water partition coefficient (Wildman–Crippen LogP) is 5.09. The molecule has 1 unspecified atom stereocenters. The first-order chi connectivity index (χ1) is 8.29. The molecular formula is C13H16ClNS2. The van der Waals surface area contributed by atoms with Crippen LogP contribution < -0.4 is 5.32 Å². The average molecular weight is 286 g/mol. The van der Waals surface area contributed by atoms with Gasteiger partial charge in [-0.15, -0.1) is 22.7 Å². The first-order valence-electron chi connectivity index (χ1n) is 5.80. The highest BCUT2D eigenvalue weighted by Crippen LogP contribution is 2.25. The largest absolute Gasteiger partial charge is 0.304 e. The molecule has 2 rings (SSSR count). The molecule has 0 aromatic carbocycles. The maximum atomic E-state index is 5.93. The monoisotopic (exact) mass is 285 g/mol. The maximum absolute atomic E-state index is 5.93. The molecule has 2 aromatic heterocycles. The third kappa shape index (κ3) is 3.81. The van der Waals surface area contributed by atoms with Gasteiger partial charge in [0.1, 0.15) is 0 Å². The number of rotatable bonds is 6. The Labute approximate surface area is 115 Å². The summed E-state index contributed by atoms with van der Waals surface area (Å²) in [5.74, 6) is 0. The van der Waals surface area contributed by atoms with Crippen LogP contribution in [0.15, 0.2) is 29.6 Å². The number of nitrogens with one attached hydrogen (secondary N) is 1. The second kappa shape index (κ2) is 6.55. The quantitative estimate of drug-likeness (QED) is 0.779. The van der Waals surface area contributed by atoms with Crippen molar-refractivity contribution in [1.82, 2.24) is 5.32 Å². The lowest BCUT2D eigenvalue weighted by molar-refractivity contribution is 0.503. The highest BCUT2D eigenvalue weighted by atomic mass is 35.5. The van der Waals surface area contributed by atoms with Crippen LogP contribution in [0.4, 0.5) is 0 Å². The Bertz CT molecular complexity index is 436. The lowest BCUT2D eigenvalue weighted by Gasteiger charge is -2.16. The summed E-state index contributed by atoms with van der Waals surface area (Å²) in [5, 5.41) is 5.76. The molecule has 0 fully saturated rings. The van der Waals surface area contributed by atoms with Crippen molar-refractivity contribution < 1.29 is 0 Å². The van der Waals surface area contributed by atoms with Gasteiger partial charge in [0.2, 0.25) is 0 Å². The Hall–Kier alpha value is -0.350. The summed E-state index contributed by atoms with van der Waals surface area (Å²) in [5.41, 5.74) is 0. The molecule has 2 aromatic rings. The maximum Gasteiger partial charge on any atom is 0.0931 e. The zero-order chi connectivity index (χ0) is 12.1. The fourth-order valence-electron chi connectivity index (χ4n) is 1.79. The van der Waals surface area contributed by atoms with E-state index in [1.165, 1.54) is 22.6 Å². The molecule has 0 saturated heterocycles. The molecule has 1 N–H and O–H groups in total. The molecule has 17 heavy (non-hydrogen) atoms. The van der Waals surface area contributed by atoms with E-state index >= 15 is 0 Å². The summed E-state index contributed by atoms with van der Waals surface area (Å²) in [4.78, 5) is 2.72. The topological polar surface area (TPSA) is 12.0 Å². The van der Waals surface area contributed by atoms with Crippen LogP contribution in [0.1, 0.15) is 35.6 Å².